The van der Waals surface area contributed by atoms with Crippen molar-refractivity contribution in [2.75, 3.05) is 6.54 Å². The first-order chi connectivity index (χ1) is 7.11. The number of thiophene rings is 1. The molecule has 1 aromatic rings. The van der Waals surface area contributed by atoms with E-state index in [0.29, 0.717) is 12.5 Å². The zero-order chi connectivity index (χ0) is 11.3. The number of carbonyl (C=O) groups is 1. The molecule has 84 valence electrons. The Morgan fingerprint density at radius 2 is 2.40 bits per heavy atom. The highest BCUT2D eigenvalue weighted by molar-refractivity contribution is 7.10. The van der Waals surface area contributed by atoms with Crippen LogP contribution in [0.3, 0.4) is 0 Å². The second-order valence-electron chi connectivity index (χ2n) is 3.71. The molecule has 0 spiro atoms. The zero-order valence-electron chi connectivity index (χ0n) is 9.25. The molecule has 0 radical (unpaired) electrons. The highest BCUT2D eigenvalue weighted by Crippen LogP contribution is 2.23. The van der Waals surface area contributed by atoms with E-state index in [1.807, 2.05) is 0 Å². The fourth-order valence-electron chi connectivity index (χ4n) is 1.50. The predicted molar refractivity (Wildman–Crippen MR) is 63.9 cm³/mol. The molecule has 1 unspecified atom stereocenters. The molecule has 0 aromatic carbocycles. The molecule has 3 nitrogen and oxygen atoms in total. The molecule has 1 rings (SSSR count). The van der Waals surface area contributed by atoms with Crippen LogP contribution in [0.5, 0.6) is 0 Å². The van der Waals surface area contributed by atoms with Crippen LogP contribution in [0.4, 0.5) is 0 Å². The standard InChI is InChI=1S/C11H18N2OS/c1-8-5-7-15-11(8)9(2)13-6-3-4-10(12)14/h5,7,9,13H,3-4,6H2,1-2H3,(H2,12,14). The van der Waals surface area contributed by atoms with E-state index in [1.54, 1.807) is 11.3 Å². The normalized spacial score (nSPS) is 12.7. The quantitative estimate of drug-likeness (QED) is 0.729. The smallest absolute Gasteiger partial charge is 0.217 e. The summed E-state index contributed by atoms with van der Waals surface area (Å²) in [5, 5.41) is 5.49. The minimum absolute atomic E-state index is 0.225. The Bertz CT molecular complexity index is 322. The lowest BCUT2D eigenvalue weighted by atomic mass is 10.2. The highest BCUT2D eigenvalue weighted by atomic mass is 32.1. The van der Waals surface area contributed by atoms with Crippen molar-refractivity contribution in [2.45, 2.75) is 32.7 Å². The Hall–Kier alpha value is -0.870. The Morgan fingerprint density at radius 3 is 2.93 bits per heavy atom. The van der Waals surface area contributed by atoms with E-state index in [0.717, 1.165) is 13.0 Å². The number of aryl methyl sites for hydroxylation is 1. The summed E-state index contributed by atoms with van der Waals surface area (Å²) in [6.07, 6.45) is 1.27. The maximum atomic E-state index is 10.5. The lowest BCUT2D eigenvalue weighted by Crippen LogP contribution is -2.21. The van der Waals surface area contributed by atoms with Crippen molar-refractivity contribution in [2.24, 2.45) is 5.73 Å². The third-order valence-corrected chi connectivity index (χ3v) is 3.55. The number of rotatable bonds is 6. The maximum absolute atomic E-state index is 10.5. The van der Waals surface area contributed by atoms with Gasteiger partial charge < -0.3 is 11.1 Å². The molecule has 4 heteroatoms. The van der Waals surface area contributed by atoms with Crippen LogP contribution in [0.15, 0.2) is 11.4 Å². The first-order valence-electron chi connectivity index (χ1n) is 5.17. The van der Waals surface area contributed by atoms with Crippen molar-refractivity contribution in [1.29, 1.82) is 0 Å². The molecular formula is C11H18N2OS. The average molecular weight is 226 g/mol. The van der Waals surface area contributed by atoms with Crippen LogP contribution in [-0.2, 0) is 4.79 Å². The van der Waals surface area contributed by atoms with E-state index in [4.69, 9.17) is 5.73 Å². The monoisotopic (exact) mass is 226 g/mol. The molecule has 0 saturated carbocycles. The van der Waals surface area contributed by atoms with Gasteiger partial charge in [0.05, 0.1) is 0 Å². The zero-order valence-corrected chi connectivity index (χ0v) is 10.1. The Balaban J connectivity index is 2.28. The van der Waals surface area contributed by atoms with E-state index in [2.05, 4.69) is 30.6 Å². The molecule has 1 amide bonds. The number of primary amides is 1. The van der Waals surface area contributed by atoms with Gasteiger partial charge in [-0.3, -0.25) is 4.79 Å². The van der Waals surface area contributed by atoms with Gasteiger partial charge in [-0.05, 0) is 43.8 Å². The Labute approximate surface area is 94.7 Å². The van der Waals surface area contributed by atoms with Gasteiger partial charge in [-0.1, -0.05) is 0 Å². The number of nitrogens with two attached hydrogens (primary N) is 1. The van der Waals surface area contributed by atoms with Crippen LogP contribution in [0.25, 0.3) is 0 Å². The third-order valence-electron chi connectivity index (χ3n) is 2.35. The first kappa shape index (κ1) is 12.2. The topological polar surface area (TPSA) is 55.1 Å². The van der Waals surface area contributed by atoms with Crippen LogP contribution in [-0.4, -0.2) is 12.5 Å². The van der Waals surface area contributed by atoms with E-state index in [1.165, 1.54) is 10.4 Å². The van der Waals surface area contributed by atoms with Crippen LogP contribution in [0, 0.1) is 6.92 Å². The van der Waals surface area contributed by atoms with Crippen LogP contribution in [0.2, 0.25) is 0 Å². The molecule has 1 aromatic heterocycles. The number of amides is 1. The van der Waals surface area contributed by atoms with Gasteiger partial charge in [0.25, 0.3) is 0 Å². The molecule has 15 heavy (non-hydrogen) atoms. The second-order valence-corrected chi connectivity index (χ2v) is 4.66. The summed E-state index contributed by atoms with van der Waals surface area (Å²) in [7, 11) is 0. The van der Waals surface area contributed by atoms with Crippen molar-refractivity contribution < 1.29 is 4.79 Å². The van der Waals surface area contributed by atoms with E-state index in [-0.39, 0.29) is 5.91 Å². The molecule has 1 atom stereocenters. The van der Waals surface area contributed by atoms with Gasteiger partial charge in [0.1, 0.15) is 0 Å². The Morgan fingerprint density at radius 1 is 1.67 bits per heavy atom. The van der Waals surface area contributed by atoms with Crippen molar-refractivity contribution in [3.8, 4) is 0 Å². The lowest BCUT2D eigenvalue weighted by Gasteiger charge is -2.12. The fourth-order valence-corrected chi connectivity index (χ4v) is 2.46. The SMILES string of the molecule is Cc1ccsc1C(C)NCCCC(N)=O. The highest BCUT2D eigenvalue weighted by Gasteiger charge is 2.08. The van der Waals surface area contributed by atoms with Crippen molar-refractivity contribution in [3.63, 3.8) is 0 Å². The number of carbonyl (C=O) groups excluding carboxylic acids is 1. The van der Waals surface area contributed by atoms with E-state index >= 15 is 0 Å². The summed E-state index contributed by atoms with van der Waals surface area (Å²) in [6, 6.07) is 2.49. The van der Waals surface area contributed by atoms with Gasteiger partial charge in [0, 0.05) is 17.3 Å². The summed E-state index contributed by atoms with van der Waals surface area (Å²) in [5.41, 5.74) is 6.39. The fraction of sp³-hybridized carbons (Fsp3) is 0.545. The first-order valence-corrected chi connectivity index (χ1v) is 6.05. The molecule has 0 fully saturated rings. The summed E-state index contributed by atoms with van der Waals surface area (Å²) >= 11 is 1.77. The minimum Gasteiger partial charge on any atom is -0.370 e. The lowest BCUT2D eigenvalue weighted by molar-refractivity contribution is -0.118. The minimum atomic E-state index is -0.225. The molecular weight excluding hydrogens is 208 g/mol. The molecule has 1 heterocycles. The predicted octanol–water partition coefficient (Wildman–Crippen LogP) is 1.97. The van der Waals surface area contributed by atoms with Gasteiger partial charge >= 0.3 is 0 Å². The van der Waals surface area contributed by atoms with Gasteiger partial charge in [-0.2, -0.15) is 0 Å². The largest absolute Gasteiger partial charge is 0.370 e. The third kappa shape index (κ3) is 4.01. The molecule has 0 bridgehead atoms. The van der Waals surface area contributed by atoms with Gasteiger partial charge in [-0.15, -0.1) is 11.3 Å². The summed E-state index contributed by atoms with van der Waals surface area (Å²) in [4.78, 5) is 11.9. The van der Waals surface area contributed by atoms with E-state index < -0.39 is 0 Å². The molecule has 0 aliphatic carbocycles. The van der Waals surface area contributed by atoms with Crippen molar-refractivity contribution in [3.05, 3.63) is 21.9 Å². The second kappa shape index (κ2) is 5.88. The maximum Gasteiger partial charge on any atom is 0.217 e. The van der Waals surface area contributed by atoms with Gasteiger partial charge in [0.15, 0.2) is 0 Å². The van der Waals surface area contributed by atoms with E-state index in [9.17, 15) is 4.79 Å². The van der Waals surface area contributed by atoms with Crippen LogP contribution in [0.1, 0.15) is 36.2 Å². The van der Waals surface area contributed by atoms with Crippen molar-refractivity contribution in [1.82, 2.24) is 5.32 Å². The molecule has 3 N–H and O–H groups in total. The van der Waals surface area contributed by atoms with Crippen LogP contribution < -0.4 is 11.1 Å². The number of hydrogen-bond donors (Lipinski definition) is 2. The van der Waals surface area contributed by atoms with Gasteiger partial charge in [0.2, 0.25) is 5.91 Å². The molecule has 0 saturated heterocycles. The number of hydrogen-bond acceptors (Lipinski definition) is 3. The number of nitrogens with one attached hydrogen (secondary N) is 1. The summed E-state index contributed by atoms with van der Waals surface area (Å²) in [5.74, 6) is -0.225. The van der Waals surface area contributed by atoms with Crippen molar-refractivity contribution >= 4 is 17.2 Å². The summed E-state index contributed by atoms with van der Waals surface area (Å²) in [6.45, 7) is 5.10. The summed E-state index contributed by atoms with van der Waals surface area (Å²) < 4.78 is 0. The molecule has 0 aliphatic rings. The molecule has 0 aliphatic heterocycles. The Kier molecular flexibility index (Phi) is 4.78. The van der Waals surface area contributed by atoms with Gasteiger partial charge in [-0.25, -0.2) is 0 Å². The average Bonchev–Trinajstić information content (AvgIpc) is 2.58. The van der Waals surface area contributed by atoms with Crippen LogP contribution >= 0.6 is 11.3 Å².